The summed E-state index contributed by atoms with van der Waals surface area (Å²) < 4.78 is 33.2. The van der Waals surface area contributed by atoms with E-state index in [4.69, 9.17) is 0 Å². The van der Waals surface area contributed by atoms with Gasteiger partial charge in [0, 0.05) is 9.79 Å². The summed E-state index contributed by atoms with van der Waals surface area (Å²) in [7, 11) is -4.42. The van der Waals surface area contributed by atoms with Crippen molar-refractivity contribution in [2.75, 3.05) is 0 Å². The van der Waals surface area contributed by atoms with Crippen molar-refractivity contribution in [3.63, 3.8) is 0 Å². The van der Waals surface area contributed by atoms with Crippen LogP contribution in [-0.2, 0) is 10.1 Å². The molecule has 0 bridgehead atoms. The van der Waals surface area contributed by atoms with Crippen LogP contribution >= 0.6 is 11.8 Å². The zero-order valence-corrected chi connectivity index (χ0v) is 10.4. The quantitative estimate of drug-likeness (QED) is 0.801. The number of rotatable bonds is 3. The van der Waals surface area contributed by atoms with Gasteiger partial charge in [0.25, 0.3) is 0 Å². The first-order valence-corrected chi connectivity index (χ1v) is 7.08. The van der Waals surface area contributed by atoms with Crippen LogP contribution in [0.5, 0.6) is 0 Å². The van der Waals surface area contributed by atoms with E-state index in [-0.39, 0.29) is 4.90 Å². The van der Waals surface area contributed by atoms with E-state index in [0.29, 0.717) is 4.90 Å². The summed E-state index contributed by atoms with van der Waals surface area (Å²) in [5.74, 6) is 0. The summed E-state index contributed by atoms with van der Waals surface area (Å²) in [6.45, 7) is 0. The van der Waals surface area contributed by atoms with Gasteiger partial charge in [-0.25, -0.2) is 8.42 Å². The second-order valence-electron chi connectivity index (χ2n) is 3.32. The molecule has 0 saturated carbocycles. The highest BCUT2D eigenvalue weighted by atomic mass is 32.2. The molecule has 0 aliphatic rings. The molecule has 0 atom stereocenters. The first kappa shape index (κ1) is 12.2. The summed E-state index contributed by atoms with van der Waals surface area (Å²) in [6, 6.07) is 15.5. The van der Waals surface area contributed by atoms with E-state index in [1.807, 2.05) is 30.3 Å². The van der Waals surface area contributed by atoms with E-state index in [0.717, 1.165) is 4.90 Å². The van der Waals surface area contributed by atoms with E-state index in [9.17, 15) is 13.0 Å². The Hall–Kier alpha value is -1.30. The van der Waals surface area contributed by atoms with Gasteiger partial charge in [-0.15, -0.1) is 0 Å². The lowest BCUT2D eigenvalue weighted by Crippen LogP contribution is -2.00. The lowest BCUT2D eigenvalue weighted by molar-refractivity contribution is 0.461. The van der Waals surface area contributed by atoms with Crippen molar-refractivity contribution in [2.24, 2.45) is 0 Å². The second kappa shape index (κ2) is 4.91. The van der Waals surface area contributed by atoms with Crippen LogP contribution in [0.2, 0.25) is 0 Å². The fourth-order valence-corrected chi connectivity index (χ4v) is 3.21. The summed E-state index contributed by atoms with van der Waals surface area (Å²) in [5.41, 5.74) is 0. The Balaban J connectivity index is 2.41. The monoisotopic (exact) mass is 265 g/mol. The Morgan fingerprint density at radius 3 is 2.12 bits per heavy atom. The van der Waals surface area contributed by atoms with E-state index in [2.05, 4.69) is 0 Å². The van der Waals surface area contributed by atoms with Gasteiger partial charge >= 0.3 is 0 Å². The molecule has 0 radical (unpaired) electrons. The van der Waals surface area contributed by atoms with Gasteiger partial charge in [-0.2, -0.15) is 0 Å². The summed E-state index contributed by atoms with van der Waals surface area (Å²) in [4.78, 5) is 1.17. The minimum Gasteiger partial charge on any atom is -0.744 e. The first-order chi connectivity index (χ1) is 8.07. The third-order valence-electron chi connectivity index (χ3n) is 2.09. The van der Waals surface area contributed by atoms with Gasteiger partial charge < -0.3 is 4.55 Å². The molecule has 0 aliphatic carbocycles. The molecule has 0 spiro atoms. The summed E-state index contributed by atoms with van der Waals surface area (Å²) >= 11 is 1.26. The lowest BCUT2D eigenvalue weighted by atomic mass is 10.4. The Morgan fingerprint density at radius 2 is 1.47 bits per heavy atom. The van der Waals surface area contributed by atoms with Gasteiger partial charge in [-0.1, -0.05) is 42.1 Å². The van der Waals surface area contributed by atoms with E-state index in [1.54, 1.807) is 18.2 Å². The molecule has 2 aromatic rings. The maximum Gasteiger partial charge on any atom is 0.125 e. The fraction of sp³-hybridized carbons (Fsp3) is 0. The highest BCUT2D eigenvalue weighted by Gasteiger charge is 2.08. The molecular weight excluding hydrogens is 256 g/mol. The molecule has 0 unspecified atom stereocenters. The molecule has 88 valence electrons. The zero-order chi connectivity index (χ0) is 12.3. The van der Waals surface area contributed by atoms with Crippen molar-refractivity contribution in [3.8, 4) is 0 Å². The molecule has 2 aromatic carbocycles. The average molecular weight is 265 g/mol. The largest absolute Gasteiger partial charge is 0.744 e. The van der Waals surface area contributed by atoms with Crippen LogP contribution in [0.25, 0.3) is 0 Å². The van der Waals surface area contributed by atoms with Gasteiger partial charge in [0.15, 0.2) is 0 Å². The molecule has 0 aromatic heterocycles. The van der Waals surface area contributed by atoms with Crippen molar-refractivity contribution in [3.05, 3.63) is 54.6 Å². The highest BCUT2D eigenvalue weighted by molar-refractivity contribution is 8.00. The van der Waals surface area contributed by atoms with Crippen molar-refractivity contribution < 1.29 is 13.0 Å². The van der Waals surface area contributed by atoms with Crippen LogP contribution in [0.1, 0.15) is 0 Å². The topological polar surface area (TPSA) is 57.2 Å². The lowest BCUT2D eigenvalue weighted by Gasteiger charge is -2.11. The normalized spacial score (nSPS) is 11.4. The van der Waals surface area contributed by atoms with Crippen LogP contribution in [0, 0.1) is 0 Å². The van der Waals surface area contributed by atoms with Crippen LogP contribution in [-0.4, -0.2) is 13.0 Å². The summed E-state index contributed by atoms with van der Waals surface area (Å²) in [6.07, 6.45) is 0. The standard InChI is InChI=1S/C12H10O3S2/c13-17(14,15)12-9-5-4-8-11(12)16-10-6-2-1-3-7-10/h1-9H,(H,13,14,15)/p-1. The molecule has 17 heavy (non-hydrogen) atoms. The van der Waals surface area contributed by atoms with Crippen molar-refractivity contribution in [2.45, 2.75) is 14.7 Å². The molecule has 2 rings (SSSR count). The van der Waals surface area contributed by atoms with Crippen molar-refractivity contribution in [1.29, 1.82) is 0 Å². The Morgan fingerprint density at radius 1 is 0.882 bits per heavy atom. The first-order valence-electron chi connectivity index (χ1n) is 4.85. The van der Waals surface area contributed by atoms with Crippen LogP contribution in [0.4, 0.5) is 0 Å². The van der Waals surface area contributed by atoms with Crippen LogP contribution in [0.15, 0.2) is 69.3 Å². The van der Waals surface area contributed by atoms with E-state index in [1.165, 1.54) is 17.8 Å². The molecule has 5 heteroatoms. The third-order valence-corrected chi connectivity index (χ3v) is 4.20. The fourth-order valence-electron chi connectivity index (χ4n) is 1.36. The van der Waals surface area contributed by atoms with Crippen molar-refractivity contribution >= 4 is 21.9 Å². The highest BCUT2D eigenvalue weighted by Crippen LogP contribution is 2.32. The third kappa shape index (κ3) is 3.09. The molecule has 0 fully saturated rings. The predicted molar refractivity (Wildman–Crippen MR) is 65.0 cm³/mol. The number of hydrogen-bond donors (Lipinski definition) is 0. The van der Waals surface area contributed by atoms with Crippen molar-refractivity contribution in [1.82, 2.24) is 0 Å². The number of hydrogen-bond acceptors (Lipinski definition) is 4. The van der Waals surface area contributed by atoms with Crippen LogP contribution in [0.3, 0.4) is 0 Å². The smallest absolute Gasteiger partial charge is 0.125 e. The maximum absolute atomic E-state index is 11.1. The van der Waals surface area contributed by atoms with Gasteiger partial charge in [-0.3, -0.25) is 0 Å². The molecule has 0 saturated heterocycles. The minimum atomic E-state index is -4.42. The number of benzene rings is 2. The predicted octanol–water partition coefficient (Wildman–Crippen LogP) is 2.74. The molecule has 0 aliphatic heterocycles. The zero-order valence-electron chi connectivity index (χ0n) is 8.74. The average Bonchev–Trinajstić information content (AvgIpc) is 2.30. The minimum absolute atomic E-state index is 0.172. The van der Waals surface area contributed by atoms with E-state index < -0.39 is 10.1 Å². The maximum atomic E-state index is 11.1. The van der Waals surface area contributed by atoms with E-state index >= 15 is 0 Å². The van der Waals surface area contributed by atoms with Crippen LogP contribution < -0.4 is 0 Å². The molecule has 0 heterocycles. The molecular formula is C12H9O3S2-. The van der Waals surface area contributed by atoms with Gasteiger partial charge in [0.1, 0.15) is 10.1 Å². The SMILES string of the molecule is O=S(=O)([O-])c1ccccc1Sc1ccccc1. The molecule has 0 N–H and O–H groups in total. The molecule has 3 nitrogen and oxygen atoms in total. The van der Waals surface area contributed by atoms with Gasteiger partial charge in [0.05, 0.1) is 4.90 Å². The molecule has 0 amide bonds. The Bertz CT molecular complexity index is 607. The summed E-state index contributed by atoms with van der Waals surface area (Å²) in [5, 5.41) is 0. The van der Waals surface area contributed by atoms with Gasteiger partial charge in [-0.05, 0) is 24.3 Å². The Labute approximate surface area is 104 Å². The second-order valence-corrected chi connectivity index (χ2v) is 5.78. The van der Waals surface area contributed by atoms with Gasteiger partial charge in [0.2, 0.25) is 0 Å². The Kier molecular flexibility index (Phi) is 3.51.